The molecule has 0 fully saturated rings. The van der Waals surface area contributed by atoms with Crippen LogP contribution in [0.15, 0.2) is 0 Å². The molecule has 0 aliphatic rings. The smallest absolute Gasteiger partial charge is 0.408 e. The van der Waals surface area contributed by atoms with Gasteiger partial charge in [0, 0.05) is 0 Å². The second-order valence-electron chi connectivity index (χ2n) is 4.48. The minimum Gasteiger partial charge on any atom is -0.444 e. The van der Waals surface area contributed by atoms with E-state index in [-0.39, 0.29) is 13.0 Å². The van der Waals surface area contributed by atoms with E-state index >= 15 is 0 Å². The molecule has 0 aliphatic heterocycles. The van der Waals surface area contributed by atoms with Crippen molar-refractivity contribution in [1.29, 1.82) is 5.26 Å². The Morgan fingerprint density at radius 3 is 2.50 bits per heavy atom. The van der Waals surface area contributed by atoms with Gasteiger partial charge in [-0.2, -0.15) is 5.26 Å². The molecule has 0 heterocycles. The van der Waals surface area contributed by atoms with Gasteiger partial charge in [0.1, 0.15) is 11.6 Å². The van der Waals surface area contributed by atoms with Crippen LogP contribution >= 0.6 is 0 Å². The molecule has 0 aliphatic carbocycles. The van der Waals surface area contributed by atoms with E-state index in [0.717, 1.165) is 0 Å². The SMILES string of the molecule is C#CCNC(=O)[C@H](CC#N)NC(=O)OC(C)(C)C. The van der Waals surface area contributed by atoms with Crippen molar-refractivity contribution >= 4 is 12.0 Å². The highest BCUT2D eigenvalue weighted by Gasteiger charge is 2.23. The Labute approximate surface area is 107 Å². The predicted octanol–water partition coefficient (Wildman–Crippen LogP) is 0.543. The van der Waals surface area contributed by atoms with E-state index in [1.807, 2.05) is 6.07 Å². The monoisotopic (exact) mass is 251 g/mol. The molecule has 6 nitrogen and oxygen atoms in total. The summed E-state index contributed by atoms with van der Waals surface area (Å²) in [4.78, 5) is 23.0. The van der Waals surface area contributed by atoms with Crippen LogP contribution in [0.3, 0.4) is 0 Å². The van der Waals surface area contributed by atoms with E-state index in [2.05, 4.69) is 16.6 Å². The molecule has 0 saturated heterocycles. The van der Waals surface area contributed by atoms with Crippen LogP contribution in [0, 0.1) is 23.7 Å². The highest BCUT2D eigenvalue weighted by Crippen LogP contribution is 2.07. The number of nitrogens with zero attached hydrogens (tertiary/aromatic N) is 1. The summed E-state index contributed by atoms with van der Waals surface area (Å²) in [6.07, 6.45) is 4.09. The Bertz CT molecular complexity index is 385. The molecule has 1 atom stereocenters. The Morgan fingerprint density at radius 1 is 1.44 bits per heavy atom. The predicted molar refractivity (Wildman–Crippen MR) is 65.2 cm³/mol. The molecule has 0 aromatic heterocycles. The van der Waals surface area contributed by atoms with Crippen LogP contribution < -0.4 is 10.6 Å². The summed E-state index contributed by atoms with van der Waals surface area (Å²) in [7, 11) is 0. The quantitative estimate of drug-likeness (QED) is 0.713. The van der Waals surface area contributed by atoms with Gasteiger partial charge in [0.2, 0.25) is 5.91 Å². The van der Waals surface area contributed by atoms with Crippen LogP contribution in [0.5, 0.6) is 0 Å². The Balaban J connectivity index is 4.45. The second kappa shape index (κ2) is 7.18. The van der Waals surface area contributed by atoms with Gasteiger partial charge in [-0.25, -0.2) is 4.79 Å². The van der Waals surface area contributed by atoms with Gasteiger partial charge in [-0.05, 0) is 20.8 Å². The number of hydrogen-bond acceptors (Lipinski definition) is 4. The van der Waals surface area contributed by atoms with E-state index in [1.54, 1.807) is 20.8 Å². The molecule has 18 heavy (non-hydrogen) atoms. The molecule has 2 N–H and O–H groups in total. The van der Waals surface area contributed by atoms with Crippen molar-refractivity contribution in [1.82, 2.24) is 10.6 Å². The zero-order valence-corrected chi connectivity index (χ0v) is 10.7. The van der Waals surface area contributed by atoms with Crippen LogP contribution in [-0.2, 0) is 9.53 Å². The first-order valence-electron chi connectivity index (χ1n) is 5.38. The van der Waals surface area contributed by atoms with E-state index in [4.69, 9.17) is 16.4 Å². The first kappa shape index (κ1) is 15.8. The fourth-order valence-corrected chi connectivity index (χ4v) is 1.01. The van der Waals surface area contributed by atoms with Gasteiger partial charge in [-0.15, -0.1) is 6.42 Å². The first-order valence-corrected chi connectivity index (χ1v) is 5.38. The molecule has 98 valence electrons. The number of terminal acetylenes is 1. The van der Waals surface area contributed by atoms with Crippen molar-refractivity contribution in [3.63, 3.8) is 0 Å². The van der Waals surface area contributed by atoms with Gasteiger partial charge in [0.15, 0.2) is 0 Å². The third-order valence-corrected chi connectivity index (χ3v) is 1.67. The van der Waals surface area contributed by atoms with E-state index in [1.165, 1.54) is 0 Å². The number of alkyl carbamates (subject to hydrolysis) is 1. The number of hydrogen-bond donors (Lipinski definition) is 2. The van der Waals surface area contributed by atoms with Gasteiger partial charge >= 0.3 is 6.09 Å². The summed E-state index contributed by atoms with van der Waals surface area (Å²) >= 11 is 0. The second-order valence-corrected chi connectivity index (χ2v) is 4.48. The number of amides is 2. The molecular formula is C12H17N3O3. The average molecular weight is 251 g/mol. The molecule has 0 saturated carbocycles. The van der Waals surface area contributed by atoms with Crippen molar-refractivity contribution in [2.75, 3.05) is 6.54 Å². The lowest BCUT2D eigenvalue weighted by Crippen LogP contribution is -2.48. The van der Waals surface area contributed by atoms with Crippen molar-refractivity contribution < 1.29 is 14.3 Å². The van der Waals surface area contributed by atoms with Crippen LogP contribution in [0.2, 0.25) is 0 Å². The lowest BCUT2D eigenvalue weighted by Gasteiger charge is -2.22. The highest BCUT2D eigenvalue weighted by atomic mass is 16.6. The summed E-state index contributed by atoms with van der Waals surface area (Å²) in [5, 5.41) is 13.3. The first-order chi connectivity index (χ1) is 8.30. The fraction of sp³-hybridized carbons (Fsp3) is 0.583. The van der Waals surface area contributed by atoms with Crippen LogP contribution in [0.4, 0.5) is 4.79 Å². The molecule has 0 spiro atoms. The Kier molecular flexibility index (Phi) is 6.30. The lowest BCUT2D eigenvalue weighted by atomic mass is 10.2. The maximum absolute atomic E-state index is 11.6. The molecular weight excluding hydrogens is 234 g/mol. The highest BCUT2D eigenvalue weighted by molar-refractivity contribution is 5.86. The van der Waals surface area contributed by atoms with Gasteiger partial charge in [0.25, 0.3) is 0 Å². The third kappa shape index (κ3) is 7.13. The van der Waals surface area contributed by atoms with Crippen molar-refractivity contribution in [3.05, 3.63) is 0 Å². The molecule has 0 bridgehead atoms. The summed E-state index contributed by atoms with van der Waals surface area (Å²) in [5.41, 5.74) is -0.670. The van der Waals surface area contributed by atoms with Crippen LogP contribution in [0.25, 0.3) is 0 Å². The minimum absolute atomic E-state index is 0.0385. The zero-order chi connectivity index (χ0) is 14.2. The summed E-state index contributed by atoms with van der Waals surface area (Å²) in [6.45, 7) is 5.13. The number of nitrogens with one attached hydrogen (secondary N) is 2. The number of rotatable bonds is 4. The van der Waals surface area contributed by atoms with Crippen molar-refractivity contribution in [2.24, 2.45) is 0 Å². The topological polar surface area (TPSA) is 91.2 Å². The normalized spacial score (nSPS) is 11.6. The van der Waals surface area contributed by atoms with Crippen LogP contribution in [-0.4, -0.2) is 30.2 Å². The van der Waals surface area contributed by atoms with Gasteiger partial charge in [-0.1, -0.05) is 5.92 Å². The summed E-state index contributed by atoms with van der Waals surface area (Å²) in [5.74, 6) is 1.71. The van der Waals surface area contributed by atoms with Crippen molar-refractivity contribution in [3.8, 4) is 18.4 Å². The zero-order valence-electron chi connectivity index (χ0n) is 10.7. The molecule has 0 aromatic rings. The molecule has 0 unspecified atom stereocenters. The number of carbonyl (C=O) groups is 2. The Morgan fingerprint density at radius 2 is 2.06 bits per heavy atom. The van der Waals surface area contributed by atoms with Crippen LogP contribution in [0.1, 0.15) is 27.2 Å². The fourth-order valence-electron chi connectivity index (χ4n) is 1.01. The third-order valence-electron chi connectivity index (χ3n) is 1.67. The molecule has 0 aromatic carbocycles. The summed E-state index contributed by atoms with van der Waals surface area (Å²) in [6, 6.07) is 0.837. The lowest BCUT2D eigenvalue weighted by molar-refractivity contribution is -0.122. The van der Waals surface area contributed by atoms with Gasteiger partial charge in [-0.3, -0.25) is 4.79 Å². The molecule has 0 rings (SSSR count). The largest absolute Gasteiger partial charge is 0.444 e. The maximum Gasteiger partial charge on any atom is 0.408 e. The molecule has 2 amide bonds. The standard InChI is InChI=1S/C12H17N3O3/c1-5-8-14-10(16)9(6-7-13)15-11(17)18-12(2,3)4/h1,9H,6,8H2,2-4H3,(H,14,16)(H,15,17)/t9-/m0/s1. The number of carbonyl (C=O) groups excluding carboxylic acids is 2. The van der Waals surface area contributed by atoms with Gasteiger partial charge < -0.3 is 15.4 Å². The van der Waals surface area contributed by atoms with E-state index in [0.29, 0.717) is 0 Å². The van der Waals surface area contributed by atoms with Crippen molar-refractivity contribution in [2.45, 2.75) is 38.8 Å². The summed E-state index contributed by atoms with van der Waals surface area (Å²) < 4.78 is 4.99. The minimum atomic E-state index is -0.974. The van der Waals surface area contributed by atoms with E-state index < -0.39 is 23.6 Å². The Hall–Kier alpha value is -2.21. The average Bonchev–Trinajstić information content (AvgIpc) is 2.22. The van der Waals surface area contributed by atoms with E-state index in [9.17, 15) is 9.59 Å². The van der Waals surface area contributed by atoms with Gasteiger partial charge in [0.05, 0.1) is 19.0 Å². The number of ether oxygens (including phenoxy) is 1. The molecule has 6 heteroatoms. The number of nitriles is 1. The maximum atomic E-state index is 11.6. The molecule has 0 radical (unpaired) electrons.